The van der Waals surface area contributed by atoms with Crippen molar-refractivity contribution in [3.8, 4) is 0 Å². The first-order valence-electron chi connectivity index (χ1n) is 8.51. The molecule has 0 saturated heterocycles. The number of carbonyl (C=O) groups excluding carboxylic acids is 1. The number of benzene rings is 2. The standard InChI is InChI=1S/C20H23BrN2O/c21-18-11-4-5-12-19(18)22-20(24)15-23(14-17-9-6-10-17)13-16-7-2-1-3-8-16/h1-5,7-8,11-12,17H,6,9-10,13-15H2,(H,22,24). The van der Waals surface area contributed by atoms with Crippen LogP contribution in [0.4, 0.5) is 5.69 Å². The van der Waals surface area contributed by atoms with E-state index in [0.717, 1.165) is 29.2 Å². The van der Waals surface area contributed by atoms with Crippen LogP contribution in [0.5, 0.6) is 0 Å². The van der Waals surface area contributed by atoms with Crippen LogP contribution < -0.4 is 5.32 Å². The van der Waals surface area contributed by atoms with Crippen molar-refractivity contribution < 1.29 is 4.79 Å². The summed E-state index contributed by atoms with van der Waals surface area (Å²) in [4.78, 5) is 14.7. The van der Waals surface area contributed by atoms with Crippen molar-refractivity contribution >= 4 is 27.5 Å². The Kier molecular flexibility index (Phi) is 6.05. The lowest BCUT2D eigenvalue weighted by molar-refractivity contribution is -0.117. The second-order valence-electron chi connectivity index (χ2n) is 6.48. The zero-order valence-corrected chi connectivity index (χ0v) is 15.3. The Balaban J connectivity index is 1.61. The minimum Gasteiger partial charge on any atom is -0.324 e. The molecule has 24 heavy (non-hydrogen) atoms. The summed E-state index contributed by atoms with van der Waals surface area (Å²) in [5.41, 5.74) is 2.08. The van der Waals surface area contributed by atoms with Gasteiger partial charge in [-0.05, 0) is 52.4 Å². The summed E-state index contributed by atoms with van der Waals surface area (Å²) >= 11 is 3.48. The summed E-state index contributed by atoms with van der Waals surface area (Å²) in [5.74, 6) is 0.780. The van der Waals surface area contributed by atoms with E-state index in [1.807, 2.05) is 30.3 Å². The zero-order chi connectivity index (χ0) is 16.8. The fourth-order valence-corrected chi connectivity index (χ4v) is 3.41. The van der Waals surface area contributed by atoms with E-state index in [0.29, 0.717) is 6.54 Å². The molecule has 3 nitrogen and oxygen atoms in total. The molecule has 0 aliphatic heterocycles. The van der Waals surface area contributed by atoms with Crippen LogP contribution in [-0.2, 0) is 11.3 Å². The lowest BCUT2D eigenvalue weighted by Gasteiger charge is -2.32. The minimum absolute atomic E-state index is 0.0390. The summed E-state index contributed by atoms with van der Waals surface area (Å²) in [6.07, 6.45) is 3.90. The molecule has 4 heteroatoms. The number of hydrogen-bond donors (Lipinski definition) is 1. The van der Waals surface area contributed by atoms with E-state index < -0.39 is 0 Å². The molecule has 1 fully saturated rings. The van der Waals surface area contributed by atoms with Gasteiger partial charge in [0.15, 0.2) is 0 Å². The van der Waals surface area contributed by atoms with Crippen LogP contribution in [0.3, 0.4) is 0 Å². The van der Waals surface area contributed by atoms with Gasteiger partial charge < -0.3 is 5.32 Å². The van der Waals surface area contributed by atoms with Crippen molar-refractivity contribution in [3.05, 3.63) is 64.6 Å². The summed E-state index contributed by atoms with van der Waals surface area (Å²) in [5, 5.41) is 3.01. The van der Waals surface area contributed by atoms with E-state index in [1.54, 1.807) is 0 Å². The minimum atomic E-state index is 0.0390. The number of halogens is 1. The number of hydrogen-bond acceptors (Lipinski definition) is 2. The molecule has 2 aromatic rings. The van der Waals surface area contributed by atoms with Gasteiger partial charge in [-0.1, -0.05) is 48.9 Å². The van der Waals surface area contributed by atoms with Gasteiger partial charge in [0.1, 0.15) is 0 Å². The van der Waals surface area contributed by atoms with Gasteiger partial charge in [-0.15, -0.1) is 0 Å². The molecule has 0 heterocycles. The monoisotopic (exact) mass is 386 g/mol. The molecule has 3 rings (SSSR count). The molecule has 0 aromatic heterocycles. The molecule has 0 spiro atoms. The van der Waals surface area contributed by atoms with Crippen molar-refractivity contribution in [2.24, 2.45) is 5.92 Å². The summed E-state index contributed by atoms with van der Waals surface area (Å²) in [7, 11) is 0. The number of amides is 1. The maximum Gasteiger partial charge on any atom is 0.238 e. The third-order valence-corrected chi connectivity index (χ3v) is 5.20. The Labute approximate surface area is 152 Å². The smallest absolute Gasteiger partial charge is 0.238 e. The molecule has 1 saturated carbocycles. The highest BCUT2D eigenvalue weighted by atomic mass is 79.9. The Morgan fingerprint density at radius 1 is 1.08 bits per heavy atom. The second-order valence-corrected chi connectivity index (χ2v) is 7.33. The number of carbonyl (C=O) groups is 1. The predicted molar refractivity (Wildman–Crippen MR) is 102 cm³/mol. The number of anilines is 1. The first kappa shape index (κ1) is 17.2. The molecule has 1 aliphatic carbocycles. The average molecular weight is 387 g/mol. The molecule has 0 atom stereocenters. The number of rotatable bonds is 7. The van der Waals surface area contributed by atoms with Crippen molar-refractivity contribution in [3.63, 3.8) is 0 Å². The molecule has 2 aromatic carbocycles. The van der Waals surface area contributed by atoms with Gasteiger partial charge in [-0.25, -0.2) is 0 Å². The lowest BCUT2D eigenvalue weighted by atomic mass is 9.85. The molecular formula is C20H23BrN2O. The Morgan fingerprint density at radius 2 is 1.79 bits per heavy atom. The molecule has 0 radical (unpaired) electrons. The maximum absolute atomic E-state index is 12.5. The van der Waals surface area contributed by atoms with E-state index in [9.17, 15) is 4.79 Å². The fraction of sp³-hybridized carbons (Fsp3) is 0.350. The van der Waals surface area contributed by atoms with Gasteiger partial charge >= 0.3 is 0 Å². The van der Waals surface area contributed by atoms with Gasteiger partial charge in [0.25, 0.3) is 0 Å². The van der Waals surface area contributed by atoms with Crippen LogP contribution in [-0.4, -0.2) is 23.9 Å². The number of nitrogens with one attached hydrogen (secondary N) is 1. The van der Waals surface area contributed by atoms with Crippen molar-refractivity contribution in [2.45, 2.75) is 25.8 Å². The Morgan fingerprint density at radius 3 is 2.46 bits per heavy atom. The highest BCUT2D eigenvalue weighted by molar-refractivity contribution is 9.10. The van der Waals surface area contributed by atoms with E-state index in [1.165, 1.54) is 24.8 Å². The SMILES string of the molecule is O=C(CN(Cc1ccccc1)CC1CCC1)Nc1ccccc1Br. The Hall–Kier alpha value is -1.65. The van der Waals surface area contributed by atoms with Gasteiger partial charge in [0.2, 0.25) is 5.91 Å². The fourth-order valence-electron chi connectivity index (χ4n) is 3.02. The highest BCUT2D eigenvalue weighted by Crippen LogP contribution is 2.27. The average Bonchev–Trinajstić information content (AvgIpc) is 2.54. The maximum atomic E-state index is 12.5. The molecule has 0 unspecified atom stereocenters. The Bertz CT molecular complexity index is 670. The van der Waals surface area contributed by atoms with Gasteiger partial charge in [0, 0.05) is 17.6 Å². The predicted octanol–water partition coefficient (Wildman–Crippen LogP) is 4.69. The van der Waals surface area contributed by atoms with Crippen molar-refractivity contribution in [1.29, 1.82) is 0 Å². The van der Waals surface area contributed by atoms with Crippen LogP contribution in [0.15, 0.2) is 59.1 Å². The van der Waals surface area contributed by atoms with Crippen molar-refractivity contribution in [2.75, 3.05) is 18.4 Å². The van der Waals surface area contributed by atoms with Crippen LogP contribution in [0.2, 0.25) is 0 Å². The first-order valence-corrected chi connectivity index (χ1v) is 9.30. The summed E-state index contributed by atoms with van der Waals surface area (Å²) in [6.45, 7) is 2.24. The van der Waals surface area contributed by atoms with Crippen LogP contribution in [0, 0.1) is 5.92 Å². The molecular weight excluding hydrogens is 364 g/mol. The molecule has 0 bridgehead atoms. The molecule has 1 aliphatic rings. The summed E-state index contributed by atoms with van der Waals surface area (Å²) < 4.78 is 0.909. The normalized spacial score (nSPS) is 14.4. The van der Waals surface area contributed by atoms with E-state index >= 15 is 0 Å². The molecule has 126 valence electrons. The topological polar surface area (TPSA) is 32.3 Å². The molecule has 1 N–H and O–H groups in total. The molecule has 1 amide bonds. The zero-order valence-electron chi connectivity index (χ0n) is 13.7. The van der Waals surface area contributed by atoms with Crippen LogP contribution in [0.25, 0.3) is 0 Å². The highest BCUT2D eigenvalue weighted by Gasteiger charge is 2.22. The largest absolute Gasteiger partial charge is 0.324 e. The number of nitrogens with zero attached hydrogens (tertiary/aromatic N) is 1. The van der Waals surface area contributed by atoms with E-state index in [2.05, 4.69) is 50.4 Å². The third kappa shape index (κ3) is 4.92. The van der Waals surface area contributed by atoms with Gasteiger partial charge in [-0.2, -0.15) is 0 Å². The van der Waals surface area contributed by atoms with Crippen LogP contribution in [0.1, 0.15) is 24.8 Å². The van der Waals surface area contributed by atoms with E-state index in [-0.39, 0.29) is 5.91 Å². The van der Waals surface area contributed by atoms with Gasteiger partial charge in [-0.3, -0.25) is 9.69 Å². The second kappa shape index (κ2) is 8.45. The van der Waals surface area contributed by atoms with Gasteiger partial charge in [0.05, 0.1) is 12.2 Å². The number of para-hydroxylation sites is 1. The quantitative estimate of drug-likeness (QED) is 0.748. The third-order valence-electron chi connectivity index (χ3n) is 4.51. The van der Waals surface area contributed by atoms with Crippen LogP contribution >= 0.6 is 15.9 Å². The van der Waals surface area contributed by atoms with Crippen molar-refractivity contribution in [1.82, 2.24) is 4.90 Å². The lowest BCUT2D eigenvalue weighted by Crippen LogP contribution is -2.38. The van der Waals surface area contributed by atoms with E-state index in [4.69, 9.17) is 0 Å². The first-order chi connectivity index (χ1) is 11.7. The summed E-state index contributed by atoms with van der Waals surface area (Å²) in [6, 6.07) is 18.1.